The van der Waals surface area contributed by atoms with Crippen LogP contribution in [0.25, 0.3) is 11.8 Å². The number of carbonyl (C=O) groups is 1. The molecule has 3 rings (SSSR count). The molecule has 1 aromatic carbocycles. The number of benzene rings is 1. The lowest BCUT2D eigenvalue weighted by atomic mass is 10.2. The van der Waals surface area contributed by atoms with E-state index in [9.17, 15) is 9.18 Å². The normalized spacial score (nSPS) is 10.8. The molecule has 0 radical (unpaired) electrons. The minimum absolute atomic E-state index is 0.269. The van der Waals surface area contributed by atoms with Gasteiger partial charge < -0.3 is 0 Å². The van der Waals surface area contributed by atoms with Crippen LogP contribution in [-0.2, 0) is 4.79 Å². The topological polar surface area (TPSA) is 84.7 Å². The second-order valence-electron chi connectivity index (χ2n) is 4.83. The maximum Gasteiger partial charge on any atom is 0.262 e. The van der Waals surface area contributed by atoms with Crippen molar-refractivity contribution < 1.29 is 9.18 Å². The predicted octanol–water partition coefficient (Wildman–Crippen LogP) is 2.72. The standard InChI is InChI=1S/C16H12BrFN6O/c17-12-9-21-24(10-12)14-4-2-11(8-13(14)18)3-5-15(25)22-23-16-19-6-1-7-20-16/h1-10H,(H,22,25)(H,19,20,23)/b5-3+. The van der Waals surface area contributed by atoms with Gasteiger partial charge in [-0.3, -0.25) is 15.6 Å². The highest BCUT2D eigenvalue weighted by atomic mass is 79.9. The van der Waals surface area contributed by atoms with Gasteiger partial charge in [0.2, 0.25) is 5.95 Å². The number of amides is 1. The second kappa shape index (κ2) is 7.67. The highest BCUT2D eigenvalue weighted by Gasteiger charge is 2.06. The van der Waals surface area contributed by atoms with Crippen molar-refractivity contribution in [2.75, 3.05) is 5.43 Å². The first kappa shape index (κ1) is 16.8. The Hall–Kier alpha value is -3.07. The smallest absolute Gasteiger partial charge is 0.262 e. The van der Waals surface area contributed by atoms with Gasteiger partial charge in [0, 0.05) is 24.7 Å². The molecule has 7 nitrogen and oxygen atoms in total. The molecular weight excluding hydrogens is 391 g/mol. The van der Waals surface area contributed by atoms with Crippen molar-refractivity contribution in [2.45, 2.75) is 0 Å². The van der Waals surface area contributed by atoms with Crippen molar-refractivity contribution in [1.82, 2.24) is 25.2 Å². The van der Waals surface area contributed by atoms with E-state index in [2.05, 4.69) is 41.8 Å². The Balaban J connectivity index is 1.63. The summed E-state index contributed by atoms with van der Waals surface area (Å²) < 4.78 is 16.4. The summed E-state index contributed by atoms with van der Waals surface area (Å²) in [5.41, 5.74) is 5.83. The van der Waals surface area contributed by atoms with Crippen molar-refractivity contribution in [3.05, 3.63) is 71.0 Å². The largest absolute Gasteiger partial charge is 0.268 e. The first-order valence-corrected chi connectivity index (χ1v) is 7.92. The molecule has 0 unspecified atom stereocenters. The van der Waals surface area contributed by atoms with Gasteiger partial charge in [-0.1, -0.05) is 6.07 Å². The third-order valence-electron chi connectivity index (χ3n) is 3.06. The van der Waals surface area contributed by atoms with Crippen molar-refractivity contribution in [3.8, 4) is 5.69 Å². The fourth-order valence-corrected chi connectivity index (χ4v) is 2.23. The molecule has 0 bridgehead atoms. The lowest BCUT2D eigenvalue weighted by Crippen LogP contribution is -2.28. The van der Waals surface area contributed by atoms with Crippen LogP contribution >= 0.6 is 15.9 Å². The van der Waals surface area contributed by atoms with Crippen LogP contribution in [0.4, 0.5) is 10.3 Å². The number of hydrogen-bond acceptors (Lipinski definition) is 5. The predicted molar refractivity (Wildman–Crippen MR) is 94.1 cm³/mol. The number of halogens is 2. The Bertz CT molecular complexity index is 912. The van der Waals surface area contributed by atoms with Gasteiger partial charge in [0.25, 0.3) is 5.91 Å². The van der Waals surface area contributed by atoms with Crippen LogP contribution in [0.1, 0.15) is 5.56 Å². The zero-order chi connectivity index (χ0) is 17.6. The Kier molecular flexibility index (Phi) is 5.14. The summed E-state index contributed by atoms with van der Waals surface area (Å²) in [5, 5.41) is 4.03. The number of hydrazine groups is 1. The molecular formula is C16H12BrFN6O. The van der Waals surface area contributed by atoms with E-state index < -0.39 is 11.7 Å². The summed E-state index contributed by atoms with van der Waals surface area (Å²) in [6, 6.07) is 6.25. The number of carbonyl (C=O) groups excluding carboxylic acids is 1. The van der Waals surface area contributed by atoms with Gasteiger partial charge in [-0.15, -0.1) is 0 Å². The van der Waals surface area contributed by atoms with E-state index in [0.29, 0.717) is 11.3 Å². The van der Waals surface area contributed by atoms with E-state index >= 15 is 0 Å². The molecule has 0 saturated carbocycles. The number of nitrogens with one attached hydrogen (secondary N) is 2. The maximum absolute atomic E-state index is 14.2. The van der Waals surface area contributed by atoms with Crippen molar-refractivity contribution in [1.29, 1.82) is 0 Å². The van der Waals surface area contributed by atoms with Crippen molar-refractivity contribution in [2.24, 2.45) is 0 Å². The van der Waals surface area contributed by atoms with Gasteiger partial charge in [-0.05, 0) is 45.8 Å². The van der Waals surface area contributed by atoms with E-state index in [0.717, 1.165) is 4.47 Å². The number of nitrogens with zero attached hydrogens (tertiary/aromatic N) is 4. The summed E-state index contributed by atoms with van der Waals surface area (Å²) in [5.74, 6) is -0.605. The third kappa shape index (κ3) is 4.48. The van der Waals surface area contributed by atoms with Crippen LogP contribution in [0, 0.1) is 5.82 Å². The van der Waals surface area contributed by atoms with E-state index in [1.165, 1.54) is 22.9 Å². The Morgan fingerprint density at radius 2 is 2.08 bits per heavy atom. The van der Waals surface area contributed by atoms with Crippen LogP contribution in [0.5, 0.6) is 0 Å². The van der Waals surface area contributed by atoms with E-state index in [1.807, 2.05) is 0 Å². The molecule has 2 heterocycles. The molecule has 9 heteroatoms. The summed E-state index contributed by atoms with van der Waals surface area (Å²) in [7, 11) is 0. The highest BCUT2D eigenvalue weighted by Crippen LogP contribution is 2.17. The Morgan fingerprint density at radius 3 is 2.76 bits per heavy atom. The Labute approximate surface area is 150 Å². The lowest BCUT2D eigenvalue weighted by Gasteiger charge is -2.05. The third-order valence-corrected chi connectivity index (χ3v) is 3.47. The second-order valence-corrected chi connectivity index (χ2v) is 5.75. The van der Waals surface area contributed by atoms with Gasteiger partial charge >= 0.3 is 0 Å². The van der Waals surface area contributed by atoms with Gasteiger partial charge in [0.1, 0.15) is 11.5 Å². The van der Waals surface area contributed by atoms with Crippen LogP contribution in [0.3, 0.4) is 0 Å². The molecule has 2 N–H and O–H groups in total. The average Bonchev–Trinajstić information content (AvgIpc) is 3.05. The maximum atomic E-state index is 14.2. The molecule has 1 amide bonds. The molecule has 0 spiro atoms. The molecule has 3 aromatic rings. The molecule has 0 aliphatic heterocycles. The SMILES string of the molecule is O=C(/C=C/c1ccc(-n2cc(Br)cn2)c(F)c1)NNc1ncccn1. The molecule has 2 aromatic heterocycles. The Morgan fingerprint density at radius 1 is 1.28 bits per heavy atom. The molecule has 0 aliphatic carbocycles. The first-order chi connectivity index (χ1) is 12.1. The number of aromatic nitrogens is 4. The van der Waals surface area contributed by atoms with Gasteiger partial charge in [-0.25, -0.2) is 19.0 Å². The molecule has 0 aliphatic rings. The lowest BCUT2D eigenvalue weighted by molar-refractivity contribution is -0.116. The summed E-state index contributed by atoms with van der Waals surface area (Å²) in [4.78, 5) is 19.5. The average molecular weight is 403 g/mol. The van der Waals surface area contributed by atoms with Crippen molar-refractivity contribution in [3.63, 3.8) is 0 Å². The quantitative estimate of drug-likeness (QED) is 0.506. The van der Waals surface area contributed by atoms with E-state index in [4.69, 9.17) is 0 Å². The van der Waals surface area contributed by atoms with Crippen LogP contribution in [-0.4, -0.2) is 25.7 Å². The molecule has 25 heavy (non-hydrogen) atoms. The minimum Gasteiger partial charge on any atom is -0.268 e. The van der Waals surface area contributed by atoms with Gasteiger partial charge in [0.05, 0.1) is 10.7 Å². The summed E-state index contributed by atoms with van der Waals surface area (Å²) in [6.45, 7) is 0. The number of anilines is 1. The first-order valence-electron chi connectivity index (χ1n) is 7.13. The van der Waals surface area contributed by atoms with Crippen LogP contribution in [0.15, 0.2) is 59.6 Å². The fourth-order valence-electron chi connectivity index (χ4n) is 1.94. The molecule has 0 fully saturated rings. The molecule has 0 atom stereocenters. The molecule has 126 valence electrons. The number of rotatable bonds is 5. The van der Waals surface area contributed by atoms with Gasteiger partial charge in [0.15, 0.2) is 0 Å². The van der Waals surface area contributed by atoms with E-state index in [1.54, 1.807) is 43.0 Å². The summed E-state index contributed by atoms with van der Waals surface area (Å²) >= 11 is 3.26. The van der Waals surface area contributed by atoms with Crippen LogP contribution < -0.4 is 10.9 Å². The minimum atomic E-state index is -0.450. The van der Waals surface area contributed by atoms with Crippen molar-refractivity contribution >= 4 is 33.9 Å². The van der Waals surface area contributed by atoms with Crippen LogP contribution in [0.2, 0.25) is 0 Å². The fraction of sp³-hybridized carbons (Fsp3) is 0. The zero-order valence-electron chi connectivity index (χ0n) is 12.7. The highest BCUT2D eigenvalue weighted by molar-refractivity contribution is 9.10. The monoisotopic (exact) mass is 402 g/mol. The van der Waals surface area contributed by atoms with E-state index in [-0.39, 0.29) is 5.95 Å². The zero-order valence-corrected chi connectivity index (χ0v) is 14.3. The van der Waals surface area contributed by atoms with Gasteiger partial charge in [-0.2, -0.15) is 5.10 Å². The summed E-state index contributed by atoms with van der Waals surface area (Å²) in [6.07, 6.45) is 9.07. The molecule has 0 saturated heterocycles. The number of hydrogen-bond donors (Lipinski definition) is 2.